The van der Waals surface area contributed by atoms with E-state index < -0.39 is 11.8 Å². The number of benzene rings is 1. The predicted molar refractivity (Wildman–Crippen MR) is 85.9 cm³/mol. The summed E-state index contributed by atoms with van der Waals surface area (Å²) in [4.78, 5) is 25.0. The number of halogens is 1. The van der Waals surface area contributed by atoms with E-state index in [9.17, 15) is 14.0 Å². The van der Waals surface area contributed by atoms with Crippen LogP contribution in [0.1, 0.15) is 25.9 Å². The van der Waals surface area contributed by atoms with Crippen molar-refractivity contribution in [2.24, 2.45) is 0 Å². The van der Waals surface area contributed by atoms with Crippen molar-refractivity contribution in [3.05, 3.63) is 64.6 Å². The van der Waals surface area contributed by atoms with Crippen molar-refractivity contribution in [3.63, 3.8) is 0 Å². The van der Waals surface area contributed by atoms with Gasteiger partial charge in [0.05, 0.1) is 10.6 Å². The number of aromatic nitrogens is 1. The lowest BCUT2D eigenvalue weighted by molar-refractivity contribution is 0.0827. The number of carbonyl (C=O) groups excluding carboxylic acids is 2. The van der Waals surface area contributed by atoms with Gasteiger partial charge in [0.15, 0.2) is 0 Å². The van der Waals surface area contributed by atoms with E-state index in [0.29, 0.717) is 10.6 Å². The second-order valence-corrected chi connectivity index (χ2v) is 6.00. The monoisotopic (exact) mass is 345 g/mol. The molecule has 0 bridgehead atoms. The Balaban J connectivity index is 1.63. The van der Waals surface area contributed by atoms with Crippen LogP contribution in [0, 0.1) is 12.7 Å². The summed E-state index contributed by atoms with van der Waals surface area (Å²) < 4.78 is 17.7. The van der Waals surface area contributed by atoms with Crippen LogP contribution in [0.25, 0.3) is 10.4 Å². The lowest BCUT2D eigenvalue weighted by atomic mass is 10.2. The fourth-order valence-electron chi connectivity index (χ4n) is 1.94. The molecule has 0 aliphatic carbocycles. The fraction of sp³-hybridized carbons (Fsp3) is 0.0625. The minimum absolute atomic E-state index is 0.00554. The van der Waals surface area contributed by atoms with E-state index in [4.69, 9.17) is 4.52 Å². The van der Waals surface area contributed by atoms with Crippen molar-refractivity contribution < 1.29 is 18.5 Å². The highest BCUT2D eigenvalue weighted by molar-refractivity contribution is 7.17. The number of rotatable bonds is 3. The third-order valence-electron chi connectivity index (χ3n) is 3.10. The molecule has 1 aromatic carbocycles. The Morgan fingerprint density at radius 3 is 2.46 bits per heavy atom. The van der Waals surface area contributed by atoms with Gasteiger partial charge in [0.25, 0.3) is 5.91 Å². The average Bonchev–Trinajstić information content (AvgIpc) is 3.22. The molecule has 0 fully saturated rings. The van der Waals surface area contributed by atoms with Crippen molar-refractivity contribution in [2.45, 2.75) is 6.92 Å². The van der Waals surface area contributed by atoms with Gasteiger partial charge in [-0.05, 0) is 36.8 Å². The Hall–Kier alpha value is -3.00. The summed E-state index contributed by atoms with van der Waals surface area (Å²) in [5, 5.41) is 3.59. The maximum atomic E-state index is 12.9. The zero-order valence-corrected chi connectivity index (χ0v) is 13.3. The summed E-state index contributed by atoms with van der Waals surface area (Å²) in [6, 6.07) is 10.8. The van der Waals surface area contributed by atoms with E-state index >= 15 is 0 Å². The van der Waals surface area contributed by atoms with Crippen molar-refractivity contribution >= 4 is 23.2 Å². The molecule has 0 saturated heterocycles. The molecule has 2 amide bonds. The minimum atomic E-state index is -0.598. The van der Waals surface area contributed by atoms with Gasteiger partial charge in [-0.3, -0.25) is 20.4 Å². The lowest BCUT2D eigenvalue weighted by Gasteiger charge is -2.03. The number of carbonyl (C=O) groups is 2. The Morgan fingerprint density at radius 2 is 1.79 bits per heavy atom. The second-order valence-electron chi connectivity index (χ2n) is 4.91. The van der Waals surface area contributed by atoms with Gasteiger partial charge >= 0.3 is 5.91 Å². The van der Waals surface area contributed by atoms with E-state index in [1.807, 2.05) is 0 Å². The zero-order valence-electron chi connectivity index (χ0n) is 12.5. The van der Waals surface area contributed by atoms with Gasteiger partial charge < -0.3 is 4.52 Å². The largest absolute Gasteiger partial charge is 0.351 e. The van der Waals surface area contributed by atoms with Gasteiger partial charge in [0.2, 0.25) is 5.76 Å². The standard InChI is InChI=1S/C16H12FN3O3S/c1-9-8-12(23-20-9)15(21)18-19-16(22)14-7-6-13(24-14)10-2-4-11(17)5-3-10/h2-8H,1H3,(H,18,21)(H,19,22). The molecule has 0 unspecified atom stereocenters. The molecule has 0 saturated carbocycles. The molecule has 6 nitrogen and oxygen atoms in total. The van der Waals surface area contributed by atoms with Crippen molar-refractivity contribution in [1.82, 2.24) is 16.0 Å². The van der Waals surface area contributed by atoms with Gasteiger partial charge in [-0.15, -0.1) is 11.3 Å². The summed E-state index contributed by atoms with van der Waals surface area (Å²) in [5.74, 6) is -1.37. The quantitative estimate of drug-likeness (QED) is 0.715. The highest BCUT2D eigenvalue weighted by atomic mass is 32.1. The molecule has 3 aromatic rings. The first kappa shape index (κ1) is 15.9. The smallest absolute Gasteiger partial charge is 0.308 e. The summed E-state index contributed by atoms with van der Waals surface area (Å²) in [7, 11) is 0. The van der Waals surface area contributed by atoms with Crippen LogP contribution in [0.4, 0.5) is 4.39 Å². The third kappa shape index (κ3) is 3.49. The lowest BCUT2D eigenvalue weighted by Crippen LogP contribution is -2.41. The zero-order chi connectivity index (χ0) is 17.1. The topological polar surface area (TPSA) is 84.2 Å². The fourth-order valence-corrected chi connectivity index (χ4v) is 2.84. The minimum Gasteiger partial charge on any atom is -0.351 e. The molecular weight excluding hydrogens is 333 g/mol. The molecule has 122 valence electrons. The van der Waals surface area contributed by atoms with Crippen molar-refractivity contribution in [2.75, 3.05) is 0 Å². The third-order valence-corrected chi connectivity index (χ3v) is 4.23. The molecule has 0 aliphatic rings. The second kappa shape index (κ2) is 6.63. The van der Waals surface area contributed by atoms with Gasteiger partial charge in [-0.25, -0.2) is 4.39 Å². The molecule has 0 spiro atoms. The van der Waals surface area contributed by atoms with Crippen LogP contribution >= 0.6 is 11.3 Å². The highest BCUT2D eigenvalue weighted by Gasteiger charge is 2.14. The summed E-state index contributed by atoms with van der Waals surface area (Å²) >= 11 is 1.23. The predicted octanol–water partition coefficient (Wildman–Crippen LogP) is 2.93. The van der Waals surface area contributed by atoms with E-state index in [2.05, 4.69) is 16.0 Å². The molecule has 2 heterocycles. The summed E-state index contributed by atoms with van der Waals surface area (Å²) in [6.45, 7) is 1.68. The normalized spacial score (nSPS) is 10.4. The number of nitrogens with one attached hydrogen (secondary N) is 2. The van der Waals surface area contributed by atoms with Gasteiger partial charge in [0.1, 0.15) is 5.82 Å². The molecular formula is C16H12FN3O3S. The van der Waals surface area contributed by atoms with Gasteiger partial charge in [0, 0.05) is 10.9 Å². The molecule has 2 N–H and O–H groups in total. The number of hydrogen-bond acceptors (Lipinski definition) is 5. The van der Waals surface area contributed by atoms with E-state index in [0.717, 1.165) is 10.4 Å². The average molecular weight is 345 g/mol. The molecule has 8 heteroatoms. The van der Waals surface area contributed by atoms with E-state index in [1.165, 1.54) is 29.5 Å². The van der Waals surface area contributed by atoms with Gasteiger partial charge in [-0.2, -0.15) is 0 Å². The van der Waals surface area contributed by atoms with E-state index in [1.54, 1.807) is 31.2 Å². The van der Waals surface area contributed by atoms with Crippen LogP contribution < -0.4 is 10.9 Å². The van der Waals surface area contributed by atoms with Crippen LogP contribution in [0.3, 0.4) is 0 Å². The molecule has 3 rings (SSSR count). The Kier molecular flexibility index (Phi) is 4.39. The van der Waals surface area contributed by atoms with Crippen LogP contribution in [0.15, 0.2) is 47.0 Å². The van der Waals surface area contributed by atoms with Gasteiger partial charge in [-0.1, -0.05) is 17.3 Å². The van der Waals surface area contributed by atoms with Crippen LogP contribution in [-0.4, -0.2) is 17.0 Å². The first-order valence-electron chi connectivity index (χ1n) is 6.93. The number of nitrogens with zero attached hydrogens (tertiary/aromatic N) is 1. The molecule has 2 aromatic heterocycles. The van der Waals surface area contributed by atoms with E-state index in [-0.39, 0.29) is 11.6 Å². The highest BCUT2D eigenvalue weighted by Crippen LogP contribution is 2.28. The maximum Gasteiger partial charge on any atom is 0.308 e. The molecule has 0 atom stereocenters. The number of aryl methyl sites for hydroxylation is 1. The summed E-state index contributed by atoms with van der Waals surface area (Å²) in [6.07, 6.45) is 0. The van der Waals surface area contributed by atoms with Crippen molar-refractivity contribution in [3.8, 4) is 10.4 Å². The SMILES string of the molecule is Cc1cc(C(=O)NNC(=O)c2ccc(-c3ccc(F)cc3)s2)on1. The first-order valence-corrected chi connectivity index (χ1v) is 7.74. The maximum absolute atomic E-state index is 12.9. The number of hydrazine groups is 1. The Labute approximate surface area is 140 Å². The number of thiophene rings is 1. The first-order chi connectivity index (χ1) is 11.5. The van der Waals surface area contributed by atoms with Crippen LogP contribution in [0.2, 0.25) is 0 Å². The number of amides is 2. The number of hydrogen-bond donors (Lipinski definition) is 2. The molecule has 0 radical (unpaired) electrons. The molecule has 0 aliphatic heterocycles. The Morgan fingerprint density at radius 1 is 1.08 bits per heavy atom. The van der Waals surface area contributed by atoms with Crippen LogP contribution in [0.5, 0.6) is 0 Å². The summed E-state index contributed by atoms with van der Waals surface area (Å²) in [5.41, 5.74) is 5.93. The van der Waals surface area contributed by atoms with Crippen LogP contribution in [-0.2, 0) is 0 Å². The Bertz CT molecular complexity index is 886. The van der Waals surface area contributed by atoms with Crippen molar-refractivity contribution in [1.29, 1.82) is 0 Å². The molecule has 24 heavy (non-hydrogen) atoms.